The Morgan fingerprint density at radius 2 is 2.15 bits per heavy atom. The quantitative estimate of drug-likeness (QED) is 0.830. The molecule has 0 N–H and O–H groups in total. The van der Waals surface area contributed by atoms with Gasteiger partial charge in [0.2, 0.25) is 5.91 Å². The molecule has 0 aliphatic carbocycles. The van der Waals surface area contributed by atoms with Crippen molar-refractivity contribution < 1.29 is 13.9 Å². The molecule has 0 saturated carbocycles. The van der Waals surface area contributed by atoms with Gasteiger partial charge in [-0.2, -0.15) is 0 Å². The van der Waals surface area contributed by atoms with E-state index in [1.54, 1.807) is 6.07 Å². The Labute approximate surface area is 118 Å². The zero-order valence-corrected chi connectivity index (χ0v) is 11.6. The zero-order valence-electron chi connectivity index (χ0n) is 11.6. The summed E-state index contributed by atoms with van der Waals surface area (Å²) in [6.07, 6.45) is 2.66. The van der Waals surface area contributed by atoms with Gasteiger partial charge in [0.05, 0.1) is 18.2 Å². The standard InChI is InChI=1S/C15H19FN2O2/c1-17-12(9-15(19)18-6-2-3-7-18)10-20-14-8-11(16)4-5-13(14)17/h4-5,8,12H,2-3,6-7,9-10H2,1H3. The van der Waals surface area contributed by atoms with Gasteiger partial charge in [0.25, 0.3) is 0 Å². The third-order valence-electron chi connectivity index (χ3n) is 4.15. The van der Waals surface area contributed by atoms with Crippen LogP contribution in [-0.4, -0.2) is 43.6 Å². The molecule has 0 radical (unpaired) electrons. The summed E-state index contributed by atoms with van der Waals surface area (Å²) in [4.78, 5) is 16.2. The van der Waals surface area contributed by atoms with Crippen LogP contribution in [0.15, 0.2) is 18.2 Å². The molecule has 1 fully saturated rings. The van der Waals surface area contributed by atoms with Crippen LogP contribution in [0.3, 0.4) is 0 Å². The van der Waals surface area contributed by atoms with E-state index < -0.39 is 0 Å². The molecule has 0 aromatic heterocycles. The number of ether oxygens (including phenoxy) is 1. The highest BCUT2D eigenvalue weighted by Crippen LogP contribution is 2.34. The number of carbonyl (C=O) groups is 1. The molecule has 1 saturated heterocycles. The molecule has 2 aliphatic rings. The average molecular weight is 278 g/mol. The Hall–Kier alpha value is -1.78. The van der Waals surface area contributed by atoms with Crippen molar-refractivity contribution in [1.82, 2.24) is 4.90 Å². The van der Waals surface area contributed by atoms with Crippen LogP contribution in [0.1, 0.15) is 19.3 Å². The minimum Gasteiger partial charge on any atom is -0.489 e. The number of nitrogens with zero attached hydrogens (tertiary/aromatic N) is 2. The van der Waals surface area contributed by atoms with Crippen LogP contribution in [0.2, 0.25) is 0 Å². The minimum atomic E-state index is -0.302. The molecule has 1 amide bonds. The Balaban J connectivity index is 1.70. The van der Waals surface area contributed by atoms with Gasteiger partial charge in [-0.3, -0.25) is 4.79 Å². The predicted molar refractivity (Wildman–Crippen MR) is 74.5 cm³/mol. The number of fused-ring (bicyclic) bond motifs is 1. The van der Waals surface area contributed by atoms with Crippen LogP contribution >= 0.6 is 0 Å². The van der Waals surface area contributed by atoms with Crippen LogP contribution in [-0.2, 0) is 4.79 Å². The fourth-order valence-corrected chi connectivity index (χ4v) is 2.88. The Morgan fingerprint density at radius 3 is 2.90 bits per heavy atom. The largest absolute Gasteiger partial charge is 0.489 e. The molecule has 2 aliphatic heterocycles. The van der Waals surface area contributed by atoms with Gasteiger partial charge in [-0.15, -0.1) is 0 Å². The smallest absolute Gasteiger partial charge is 0.224 e. The number of halogens is 1. The number of carbonyl (C=O) groups excluding carboxylic acids is 1. The van der Waals surface area contributed by atoms with Crippen molar-refractivity contribution in [3.8, 4) is 5.75 Å². The van der Waals surface area contributed by atoms with Gasteiger partial charge in [-0.05, 0) is 25.0 Å². The lowest BCUT2D eigenvalue weighted by Crippen LogP contribution is -2.44. The molecule has 1 aromatic rings. The molecule has 4 nitrogen and oxygen atoms in total. The monoisotopic (exact) mass is 278 g/mol. The van der Waals surface area contributed by atoms with Crippen molar-refractivity contribution in [1.29, 1.82) is 0 Å². The first-order chi connectivity index (χ1) is 9.65. The van der Waals surface area contributed by atoms with E-state index in [0.29, 0.717) is 18.8 Å². The highest BCUT2D eigenvalue weighted by Gasteiger charge is 2.29. The number of rotatable bonds is 2. The number of likely N-dealkylation sites (N-methyl/N-ethyl adjacent to an activating group) is 1. The van der Waals surface area contributed by atoms with Crippen molar-refractivity contribution >= 4 is 11.6 Å². The van der Waals surface area contributed by atoms with Crippen LogP contribution in [0, 0.1) is 5.82 Å². The number of likely N-dealkylation sites (tertiary alicyclic amines) is 1. The van der Waals surface area contributed by atoms with Gasteiger partial charge in [0.1, 0.15) is 18.2 Å². The average Bonchev–Trinajstić information content (AvgIpc) is 2.96. The summed E-state index contributed by atoms with van der Waals surface area (Å²) in [6, 6.07) is 4.53. The lowest BCUT2D eigenvalue weighted by Gasteiger charge is -2.36. The van der Waals surface area contributed by atoms with Crippen LogP contribution < -0.4 is 9.64 Å². The summed E-state index contributed by atoms with van der Waals surface area (Å²) < 4.78 is 18.8. The third-order valence-corrected chi connectivity index (χ3v) is 4.15. The number of hydrogen-bond donors (Lipinski definition) is 0. The molecule has 2 heterocycles. The van der Waals surface area contributed by atoms with E-state index in [-0.39, 0.29) is 17.8 Å². The number of hydrogen-bond acceptors (Lipinski definition) is 3. The highest BCUT2D eigenvalue weighted by atomic mass is 19.1. The first-order valence-electron chi connectivity index (χ1n) is 7.08. The lowest BCUT2D eigenvalue weighted by atomic mass is 10.1. The number of benzene rings is 1. The Kier molecular flexibility index (Phi) is 3.51. The van der Waals surface area contributed by atoms with E-state index in [1.165, 1.54) is 12.1 Å². The molecule has 1 aromatic carbocycles. The maximum absolute atomic E-state index is 13.2. The third kappa shape index (κ3) is 2.44. The van der Waals surface area contributed by atoms with E-state index in [0.717, 1.165) is 31.6 Å². The summed E-state index contributed by atoms with van der Waals surface area (Å²) in [5, 5.41) is 0. The second-order valence-electron chi connectivity index (χ2n) is 5.48. The molecule has 20 heavy (non-hydrogen) atoms. The van der Waals surface area contributed by atoms with Crippen molar-refractivity contribution in [2.24, 2.45) is 0 Å². The number of anilines is 1. The van der Waals surface area contributed by atoms with E-state index in [2.05, 4.69) is 0 Å². The summed E-state index contributed by atoms with van der Waals surface area (Å²) >= 11 is 0. The van der Waals surface area contributed by atoms with E-state index in [4.69, 9.17) is 4.74 Å². The normalized spacial score (nSPS) is 21.6. The summed E-state index contributed by atoms with van der Waals surface area (Å²) in [5.74, 6) is 0.439. The van der Waals surface area contributed by atoms with E-state index in [9.17, 15) is 9.18 Å². The zero-order chi connectivity index (χ0) is 14.1. The molecule has 0 bridgehead atoms. The predicted octanol–water partition coefficient (Wildman–Crippen LogP) is 2.04. The van der Waals surface area contributed by atoms with Crippen molar-refractivity contribution in [3.05, 3.63) is 24.0 Å². The second-order valence-corrected chi connectivity index (χ2v) is 5.48. The van der Waals surface area contributed by atoms with Crippen molar-refractivity contribution in [3.63, 3.8) is 0 Å². The molecule has 3 rings (SSSR count). The first kappa shape index (κ1) is 13.2. The van der Waals surface area contributed by atoms with Gasteiger partial charge in [-0.1, -0.05) is 0 Å². The van der Waals surface area contributed by atoms with Crippen molar-refractivity contribution in [2.45, 2.75) is 25.3 Å². The molecule has 1 atom stereocenters. The first-order valence-corrected chi connectivity index (χ1v) is 7.08. The topological polar surface area (TPSA) is 32.8 Å². The SMILES string of the molecule is CN1c2ccc(F)cc2OCC1CC(=O)N1CCCC1. The number of amides is 1. The Morgan fingerprint density at radius 1 is 1.40 bits per heavy atom. The van der Waals surface area contributed by atoms with Gasteiger partial charge in [0, 0.05) is 26.2 Å². The molecule has 5 heteroatoms. The van der Waals surface area contributed by atoms with Gasteiger partial charge >= 0.3 is 0 Å². The summed E-state index contributed by atoms with van der Waals surface area (Å²) in [6.45, 7) is 2.17. The van der Waals surface area contributed by atoms with E-state index >= 15 is 0 Å². The van der Waals surface area contributed by atoms with Gasteiger partial charge < -0.3 is 14.5 Å². The van der Waals surface area contributed by atoms with Crippen LogP contribution in [0.4, 0.5) is 10.1 Å². The fraction of sp³-hybridized carbons (Fsp3) is 0.533. The lowest BCUT2D eigenvalue weighted by molar-refractivity contribution is -0.130. The molecule has 0 spiro atoms. The van der Waals surface area contributed by atoms with Crippen molar-refractivity contribution in [2.75, 3.05) is 31.6 Å². The molecule has 108 valence electrons. The van der Waals surface area contributed by atoms with Gasteiger partial charge in [-0.25, -0.2) is 4.39 Å². The molecule has 1 unspecified atom stereocenters. The summed E-state index contributed by atoms with van der Waals surface area (Å²) in [5.41, 5.74) is 0.844. The summed E-state index contributed by atoms with van der Waals surface area (Å²) in [7, 11) is 1.93. The highest BCUT2D eigenvalue weighted by molar-refractivity contribution is 5.78. The maximum Gasteiger partial charge on any atom is 0.224 e. The van der Waals surface area contributed by atoms with Gasteiger partial charge in [0.15, 0.2) is 0 Å². The van der Waals surface area contributed by atoms with Crippen LogP contribution in [0.25, 0.3) is 0 Å². The molecular weight excluding hydrogens is 259 g/mol. The van der Waals surface area contributed by atoms with E-state index in [1.807, 2.05) is 16.8 Å². The Bertz CT molecular complexity index is 515. The fourth-order valence-electron chi connectivity index (χ4n) is 2.88. The molecular formula is C15H19FN2O2. The second kappa shape index (κ2) is 5.31. The minimum absolute atomic E-state index is 0.0149. The van der Waals surface area contributed by atoms with Crippen LogP contribution in [0.5, 0.6) is 5.75 Å². The maximum atomic E-state index is 13.2.